The first-order valence-electron chi connectivity index (χ1n) is 5.44. The monoisotopic (exact) mass is 232 g/mol. The van der Waals surface area contributed by atoms with E-state index in [1.165, 1.54) is 0 Å². The minimum atomic E-state index is 0.354. The minimum Gasteiger partial charge on any atom is -0.496 e. The Kier molecular flexibility index (Phi) is 2.91. The van der Waals surface area contributed by atoms with Crippen molar-refractivity contribution in [3.05, 3.63) is 24.3 Å². The maximum atomic E-state index is 5.97. The van der Waals surface area contributed by atoms with E-state index < -0.39 is 0 Å². The van der Waals surface area contributed by atoms with Crippen LogP contribution in [0, 0.1) is 0 Å². The fourth-order valence-corrected chi connectivity index (χ4v) is 1.85. The average Bonchev–Trinajstić information content (AvgIpc) is 2.65. The molecule has 5 nitrogen and oxygen atoms in total. The third-order valence-corrected chi connectivity index (χ3v) is 2.68. The maximum absolute atomic E-state index is 5.97. The predicted octanol–water partition coefficient (Wildman–Crippen LogP) is 1.74. The Morgan fingerprint density at radius 1 is 1.29 bits per heavy atom. The van der Waals surface area contributed by atoms with Crippen LogP contribution in [0.5, 0.6) is 5.75 Å². The van der Waals surface area contributed by atoms with Gasteiger partial charge in [0.25, 0.3) is 0 Å². The highest BCUT2D eigenvalue weighted by Crippen LogP contribution is 2.35. The van der Waals surface area contributed by atoms with Gasteiger partial charge in [0.1, 0.15) is 11.4 Å². The van der Waals surface area contributed by atoms with Gasteiger partial charge in [0.15, 0.2) is 5.82 Å². The molecule has 0 saturated heterocycles. The van der Waals surface area contributed by atoms with Gasteiger partial charge in [-0.05, 0) is 19.1 Å². The van der Waals surface area contributed by atoms with Crippen molar-refractivity contribution in [3.8, 4) is 17.0 Å². The molecule has 4 N–H and O–H groups in total. The lowest BCUT2D eigenvalue weighted by molar-refractivity contribution is 0.416. The Morgan fingerprint density at radius 3 is 2.65 bits per heavy atom. The number of benzene rings is 1. The number of anilines is 2. The average molecular weight is 232 g/mol. The molecular formula is C12H16N4O. The number of nitrogen functional groups attached to an aromatic ring is 2. The van der Waals surface area contributed by atoms with Gasteiger partial charge in [0.2, 0.25) is 0 Å². The molecule has 0 fully saturated rings. The molecule has 2 aromatic rings. The van der Waals surface area contributed by atoms with Gasteiger partial charge in [-0.15, -0.1) is 0 Å². The van der Waals surface area contributed by atoms with Crippen LogP contribution in [0.1, 0.15) is 6.92 Å². The number of rotatable bonds is 3. The van der Waals surface area contributed by atoms with Crippen LogP contribution in [-0.4, -0.2) is 16.9 Å². The molecule has 0 aliphatic carbocycles. The van der Waals surface area contributed by atoms with Crippen molar-refractivity contribution in [2.45, 2.75) is 13.5 Å². The lowest BCUT2D eigenvalue weighted by Gasteiger charge is -2.10. The quantitative estimate of drug-likeness (QED) is 0.844. The topological polar surface area (TPSA) is 79.1 Å². The zero-order chi connectivity index (χ0) is 12.4. The van der Waals surface area contributed by atoms with Gasteiger partial charge in [-0.3, -0.25) is 4.68 Å². The Balaban J connectivity index is 2.67. The number of nitrogens with two attached hydrogens (primary N) is 2. The van der Waals surface area contributed by atoms with Crippen LogP contribution in [0.15, 0.2) is 24.3 Å². The van der Waals surface area contributed by atoms with Crippen LogP contribution in [-0.2, 0) is 6.54 Å². The highest BCUT2D eigenvalue weighted by atomic mass is 16.5. The lowest BCUT2D eigenvalue weighted by atomic mass is 10.1. The molecule has 90 valence electrons. The number of aromatic nitrogens is 2. The number of para-hydroxylation sites is 1. The summed E-state index contributed by atoms with van der Waals surface area (Å²) in [6, 6.07) is 7.67. The molecular weight excluding hydrogens is 216 g/mol. The Morgan fingerprint density at radius 2 is 2.00 bits per heavy atom. The molecule has 2 rings (SSSR count). The molecule has 0 atom stereocenters. The van der Waals surface area contributed by atoms with Gasteiger partial charge < -0.3 is 16.2 Å². The van der Waals surface area contributed by atoms with Crippen molar-refractivity contribution in [3.63, 3.8) is 0 Å². The van der Waals surface area contributed by atoms with E-state index in [4.69, 9.17) is 16.2 Å². The highest BCUT2D eigenvalue weighted by Gasteiger charge is 2.17. The molecule has 1 heterocycles. The molecule has 0 saturated carbocycles. The van der Waals surface area contributed by atoms with E-state index in [0.717, 1.165) is 17.0 Å². The summed E-state index contributed by atoms with van der Waals surface area (Å²) in [4.78, 5) is 0. The summed E-state index contributed by atoms with van der Waals surface area (Å²) in [6.45, 7) is 2.69. The summed E-state index contributed by atoms with van der Waals surface area (Å²) < 4.78 is 7.11. The molecule has 0 unspecified atom stereocenters. The maximum Gasteiger partial charge on any atom is 0.169 e. The van der Waals surface area contributed by atoms with Crippen molar-refractivity contribution in [1.82, 2.24) is 9.78 Å². The fourth-order valence-electron chi connectivity index (χ4n) is 1.85. The molecule has 0 spiro atoms. The van der Waals surface area contributed by atoms with Gasteiger partial charge >= 0.3 is 0 Å². The van der Waals surface area contributed by atoms with Crippen LogP contribution < -0.4 is 16.2 Å². The van der Waals surface area contributed by atoms with E-state index in [-0.39, 0.29) is 0 Å². The zero-order valence-corrected chi connectivity index (χ0v) is 9.97. The van der Waals surface area contributed by atoms with Gasteiger partial charge in [0, 0.05) is 12.1 Å². The van der Waals surface area contributed by atoms with Crippen LogP contribution in [0.4, 0.5) is 11.5 Å². The second kappa shape index (κ2) is 4.37. The second-order valence-electron chi connectivity index (χ2n) is 3.66. The van der Waals surface area contributed by atoms with Crippen molar-refractivity contribution >= 4 is 11.5 Å². The Labute approximate surface area is 100.0 Å². The summed E-state index contributed by atoms with van der Waals surface area (Å²) in [5, 5.41) is 4.19. The van der Waals surface area contributed by atoms with Crippen LogP contribution in [0.3, 0.4) is 0 Å². The molecule has 0 aliphatic heterocycles. The largest absolute Gasteiger partial charge is 0.496 e. The smallest absolute Gasteiger partial charge is 0.169 e. The highest BCUT2D eigenvalue weighted by molar-refractivity contribution is 5.83. The molecule has 0 bridgehead atoms. The number of nitrogens with zero attached hydrogens (tertiary/aromatic N) is 2. The molecule has 5 heteroatoms. The number of aryl methyl sites for hydroxylation is 1. The predicted molar refractivity (Wildman–Crippen MR) is 68.7 cm³/mol. The third-order valence-electron chi connectivity index (χ3n) is 2.68. The zero-order valence-electron chi connectivity index (χ0n) is 9.97. The van der Waals surface area contributed by atoms with Crippen LogP contribution in [0.2, 0.25) is 0 Å². The summed E-state index contributed by atoms with van der Waals surface area (Å²) in [6.07, 6.45) is 0. The van der Waals surface area contributed by atoms with Crippen molar-refractivity contribution in [1.29, 1.82) is 0 Å². The normalized spacial score (nSPS) is 10.5. The first kappa shape index (κ1) is 11.3. The summed E-state index contributed by atoms with van der Waals surface area (Å²) in [7, 11) is 1.63. The summed E-state index contributed by atoms with van der Waals surface area (Å²) >= 11 is 0. The van der Waals surface area contributed by atoms with Gasteiger partial charge in [-0.25, -0.2) is 0 Å². The summed E-state index contributed by atoms with van der Waals surface area (Å²) in [5.74, 6) is 1.11. The molecule has 17 heavy (non-hydrogen) atoms. The SMILES string of the molecule is CCn1nc(N)c(N)c1-c1ccccc1OC. The molecule has 1 aromatic carbocycles. The molecule has 0 aliphatic rings. The van der Waals surface area contributed by atoms with E-state index >= 15 is 0 Å². The standard InChI is InChI=1S/C12H16N4O/c1-3-16-11(10(13)12(14)15-16)8-6-4-5-7-9(8)17-2/h4-7H,3,13H2,1-2H3,(H2,14,15). The molecule has 0 amide bonds. The van der Waals surface area contributed by atoms with Gasteiger partial charge in [0.05, 0.1) is 12.8 Å². The van der Waals surface area contributed by atoms with Crippen molar-refractivity contribution < 1.29 is 4.74 Å². The molecule has 0 radical (unpaired) electrons. The third kappa shape index (κ3) is 1.80. The van der Waals surface area contributed by atoms with Crippen molar-refractivity contribution in [2.24, 2.45) is 0 Å². The van der Waals surface area contributed by atoms with E-state index in [2.05, 4.69) is 5.10 Å². The van der Waals surface area contributed by atoms with Crippen LogP contribution >= 0.6 is 0 Å². The number of hydrogen-bond acceptors (Lipinski definition) is 4. The van der Waals surface area contributed by atoms with Crippen molar-refractivity contribution in [2.75, 3.05) is 18.6 Å². The van der Waals surface area contributed by atoms with E-state index in [9.17, 15) is 0 Å². The minimum absolute atomic E-state index is 0.354. The Bertz CT molecular complexity index is 533. The first-order valence-corrected chi connectivity index (χ1v) is 5.44. The fraction of sp³-hybridized carbons (Fsp3) is 0.250. The van der Waals surface area contributed by atoms with E-state index in [1.54, 1.807) is 11.8 Å². The lowest BCUT2D eigenvalue weighted by Crippen LogP contribution is -2.01. The Hall–Kier alpha value is -2.17. The first-order chi connectivity index (χ1) is 8.19. The second-order valence-corrected chi connectivity index (χ2v) is 3.66. The number of methoxy groups -OCH3 is 1. The van der Waals surface area contributed by atoms with Gasteiger partial charge in [-0.2, -0.15) is 5.10 Å². The van der Waals surface area contributed by atoms with E-state index in [0.29, 0.717) is 18.1 Å². The molecule has 1 aromatic heterocycles. The number of ether oxygens (including phenoxy) is 1. The summed E-state index contributed by atoms with van der Waals surface area (Å²) in [5.41, 5.74) is 13.9. The van der Waals surface area contributed by atoms with E-state index in [1.807, 2.05) is 31.2 Å². The van der Waals surface area contributed by atoms with Gasteiger partial charge in [-0.1, -0.05) is 12.1 Å². The van der Waals surface area contributed by atoms with Crippen LogP contribution in [0.25, 0.3) is 11.3 Å². The number of hydrogen-bond donors (Lipinski definition) is 2.